The van der Waals surface area contributed by atoms with Crippen molar-refractivity contribution in [1.82, 2.24) is 15.1 Å². The van der Waals surface area contributed by atoms with E-state index in [0.29, 0.717) is 31.8 Å². The third-order valence-electron chi connectivity index (χ3n) is 4.26. The normalized spacial score (nSPS) is 19.7. The largest absolute Gasteiger partial charge is 0.375 e. The molecule has 0 aliphatic carbocycles. The van der Waals surface area contributed by atoms with Crippen LogP contribution < -0.4 is 5.32 Å². The Morgan fingerprint density at radius 1 is 1.24 bits per heavy atom. The summed E-state index contributed by atoms with van der Waals surface area (Å²) in [6, 6.07) is 7.12. The zero-order valence-electron chi connectivity index (χ0n) is 15.3. The highest BCUT2D eigenvalue weighted by atomic mass is 35.5. The fourth-order valence-corrected chi connectivity index (χ4v) is 2.78. The summed E-state index contributed by atoms with van der Waals surface area (Å²) in [5, 5.41) is 3.24. The number of nitrogens with zero attached hydrogens (tertiary/aromatic N) is 2. The number of morpholine rings is 1. The van der Waals surface area contributed by atoms with Crippen LogP contribution in [0.2, 0.25) is 0 Å². The average Bonchev–Trinajstić information content (AvgIpc) is 2.59. The molecule has 7 heteroatoms. The Morgan fingerprint density at radius 3 is 2.40 bits per heavy atom. The lowest BCUT2D eigenvalue weighted by atomic mass is 10.1. The summed E-state index contributed by atoms with van der Waals surface area (Å²) in [6.45, 7) is 6.37. The summed E-state index contributed by atoms with van der Waals surface area (Å²) < 4.78 is 5.57. The molecule has 0 saturated carbocycles. The number of amides is 2. The average molecular weight is 370 g/mol. The topological polar surface area (TPSA) is 61.9 Å². The Hall–Kier alpha value is -1.63. The lowest BCUT2D eigenvalue weighted by Gasteiger charge is -2.33. The highest BCUT2D eigenvalue weighted by molar-refractivity contribution is 5.93. The molecule has 2 amide bonds. The van der Waals surface area contributed by atoms with Gasteiger partial charge in [-0.15, -0.1) is 12.4 Å². The summed E-state index contributed by atoms with van der Waals surface area (Å²) in [7, 11) is 3.46. The Labute approximate surface area is 155 Å². The molecule has 25 heavy (non-hydrogen) atoms. The van der Waals surface area contributed by atoms with E-state index in [-0.39, 0.29) is 36.4 Å². The van der Waals surface area contributed by atoms with Crippen molar-refractivity contribution in [2.45, 2.75) is 32.5 Å². The first kappa shape index (κ1) is 21.4. The third kappa shape index (κ3) is 5.42. The van der Waals surface area contributed by atoms with Gasteiger partial charge in [-0.2, -0.15) is 0 Å². The lowest BCUT2D eigenvalue weighted by molar-refractivity contribution is -0.139. The van der Waals surface area contributed by atoms with Gasteiger partial charge < -0.3 is 19.9 Å². The highest BCUT2D eigenvalue weighted by Crippen LogP contribution is 2.13. The van der Waals surface area contributed by atoms with Crippen LogP contribution >= 0.6 is 12.4 Å². The molecular formula is C18H28ClN3O3. The number of halogens is 1. The van der Waals surface area contributed by atoms with Crippen molar-refractivity contribution < 1.29 is 14.3 Å². The monoisotopic (exact) mass is 369 g/mol. The van der Waals surface area contributed by atoms with Gasteiger partial charge in [0.1, 0.15) is 6.04 Å². The molecule has 0 unspecified atom stereocenters. The maximum atomic E-state index is 12.7. The summed E-state index contributed by atoms with van der Waals surface area (Å²) in [5.41, 5.74) is 1.65. The first-order chi connectivity index (χ1) is 11.4. The highest BCUT2D eigenvalue weighted by Gasteiger charge is 2.31. The number of benzene rings is 1. The number of ether oxygens (including phenoxy) is 1. The van der Waals surface area contributed by atoms with Crippen LogP contribution in [0.25, 0.3) is 0 Å². The van der Waals surface area contributed by atoms with E-state index in [9.17, 15) is 9.59 Å². The third-order valence-corrected chi connectivity index (χ3v) is 4.26. The predicted molar refractivity (Wildman–Crippen MR) is 100 cm³/mol. The van der Waals surface area contributed by atoms with Crippen molar-refractivity contribution in [2.24, 2.45) is 0 Å². The van der Waals surface area contributed by atoms with Crippen LogP contribution in [0.3, 0.4) is 0 Å². The molecule has 1 aromatic rings. The van der Waals surface area contributed by atoms with Gasteiger partial charge >= 0.3 is 0 Å². The summed E-state index contributed by atoms with van der Waals surface area (Å²) in [5.74, 6) is 0.0282. The van der Waals surface area contributed by atoms with Gasteiger partial charge in [0.2, 0.25) is 5.91 Å². The van der Waals surface area contributed by atoms with Crippen LogP contribution in [0.5, 0.6) is 0 Å². The molecule has 1 N–H and O–H groups in total. The molecule has 1 aromatic carbocycles. The standard InChI is InChI=1S/C18H27N3O3.ClH/c1-5-21(18(23)16-13(2)24-11-10-19-16)12-14-6-8-15(9-7-14)17(22)20(3)4;/h6-9,13,16,19H,5,10-12H2,1-4H3;1H/t13-,16+;/m1./s1. The van der Waals surface area contributed by atoms with Crippen LogP contribution in [0.15, 0.2) is 24.3 Å². The SMILES string of the molecule is CCN(Cc1ccc(C(=O)N(C)C)cc1)C(=O)[C@H]1NCCO[C@@H]1C.Cl. The van der Waals surface area contributed by atoms with Crippen molar-refractivity contribution in [3.8, 4) is 0 Å². The summed E-state index contributed by atoms with van der Waals surface area (Å²) >= 11 is 0. The maximum Gasteiger partial charge on any atom is 0.253 e. The van der Waals surface area contributed by atoms with Crippen molar-refractivity contribution in [3.63, 3.8) is 0 Å². The quantitative estimate of drug-likeness (QED) is 0.855. The molecule has 1 heterocycles. The van der Waals surface area contributed by atoms with E-state index >= 15 is 0 Å². The molecule has 140 valence electrons. The Kier molecular flexibility index (Phi) is 8.35. The molecule has 2 atom stereocenters. The molecular weight excluding hydrogens is 342 g/mol. The zero-order chi connectivity index (χ0) is 17.7. The van der Waals surface area contributed by atoms with Crippen LogP contribution in [-0.2, 0) is 16.1 Å². The fraction of sp³-hybridized carbons (Fsp3) is 0.556. The number of nitrogens with one attached hydrogen (secondary N) is 1. The number of carbonyl (C=O) groups is 2. The van der Waals surface area contributed by atoms with Crippen LogP contribution in [0.1, 0.15) is 29.8 Å². The molecule has 1 fully saturated rings. The van der Waals surface area contributed by atoms with E-state index in [0.717, 1.165) is 5.56 Å². The Bertz CT molecular complexity index is 577. The van der Waals surface area contributed by atoms with E-state index < -0.39 is 0 Å². The number of carbonyl (C=O) groups excluding carboxylic acids is 2. The van der Waals surface area contributed by atoms with Gasteiger partial charge in [0.15, 0.2) is 0 Å². The van der Waals surface area contributed by atoms with Gasteiger partial charge in [-0.3, -0.25) is 9.59 Å². The maximum absolute atomic E-state index is 12.7. The van der Waals surface area contributed by atoms with Crippen molar-refractivity contribution in [2.75, 3.05) is 33.8 Å². The molecule has 6 nitrogen and oxygen atoms in total. The minimum absolute atomic E-state index is 0. The van der Waals surface area contributed by atoms with Crippen LogP contribution in [0, 0.1) is 0 Å². The van der Waals surface area contributed by atoms with E-state index in [1.807, 2.05) is 30.9 Å². The first-order valence-corrected chi connectivity index (χ1v) is 8.38. The fourth-order valence-electron chi connectivity index (χ4n) is 2.78. The lowest BCUT2D eigenvalue weighted by Crippen LogP contribution is -2.56. The second kappa shape index (κ2) is 9.75. The summed E-state index contributed by atoms with van der Waals surface area (Å²) in [4.78, 5) is 28.0. The number of likely N-dealkylation sites (N-methyl/N-ethyl adjacent to an activating group) is 1. The van der Waals surface area contributed by atoms with Crippen molar-refractivity contribution in [3.05, 3.63) is 35.4 Å². The van der Waals surface area contributed by atoms with Crippen LogP contribution in [0.4, 0.5) is 0 Å². The Morgan fingerprint density at radius 2 is 1.88 bits per heavy atom. The second-order valence-corrected chi connectivity index (χ2v) is 6.26. The molecule has 1 saturated heterocycles. The molecule has 1 aliphatic rings. The minimum Gasteiger partial charge on any atom is -0.375 e. The molecule has 2 rings (SSSR count). The van der Waals surface area contributed by atoms with Gasteiger partial charge in [0.25, 0.3) is 5.91 Å². The van der Waals surface area contributed by atoms with Crippen molar-refractivity contribution >= 4 is 24.2 Å². The van der Waals surface area contributed by atoms with E-state index in [1.54, 1.807) is 31.1 Å². The Balaban J connectivity index is 0.00000312. The molecule has 1 aliphatic heterocycles. The van der Waals surface area contributed by atoms with Gasteiger partial charge in [0, 0.05) is 39.3 Å². The zero-order valence-corrected chi connectivity index (χ0v) is 16.1. The van der Waals surface area contributed by atoms with Crippen LogP contribution in [-0.4, -0.2) is 67.6 Å². The van der Waals surface area contributed by atoms with E-state index in [4.69, 9.17) is 4.74 Å². The number of rotatable bonds is 5. The minimum atomic E-state index is -0.298. The number of hydrogen-bond acceptors (Lipinski definition) is 4. The van der Waals surface area contributed by atoms with E-state index in [2.05, 4.69) is 5.32 Å². The van der Waals surface area contributed by atoms with E-state index in [1.165, 1.54) is 0 Å². The predicted octanol–water partition coefficient (Wildman–Crippen LogP) is 1.54. The second-order valence-electron chi connectivity index (χ2n) is 6.26. The molecule has 0 radical (unpaired) electrons. The van der Waals surface area contributed by atoms with Gasteiger partial charge in [-0.05, 0) is 31.5 Å². The number of hydrogen-bond donors (Lipinski definition) is 1. The van der Waals surface area contributed by atoms with Crippen molar-refractivity contribution in [1.29, 1.82) is 0 Å². The molecule has 0 bridgehead atoms. The molecule has 0 spiro atoms. The van der Waals surface area contributed by atoms with Gasteiger partial charge in [-0.1, -0.05) is 12.1 Å². The van der Waals surface area contributed by atoms with Gasteiger partial charge in [-0.25, -0.2) is 0 Å². The smallest absolute Gasteiger partial charge is 0.253 e. The molecule has 0 aromatic heterocycles. The van der Waals surface area contributed by atoms with Gasteiger partial charge in [0.05, 0.1) is 12.7 Å². The first-order valence-electron chi connectivity index (χ1n) is 8.38. The summed E-state index contributed by atoms with van der Waals surface area (Å²) in [6.07, 6.45) is -0.125.